The molecule has 0 saturated heterocycles. The van der Waals surface area contributed by atoms with E-state index in [9.17, 15) is 0 Å². The molecule has 0 amide bonds. The number of nitrogens with zero attached hydrogens (tertiary/aromatic N) is 4. The van der Waals surface area contributed by atoms with Gasteiger partial charge in [0.15, 0.2) is 11.6 Å². The smallest absolute Gasteiger partial charge is 0.166 e. The van der Waals surface area contributed by atoms with Gasteiger partial charge >= 0.3 is 0 Å². The molecule has 296 valence electrons. The zero-order valence-electron chi connectivity index (χ0n) is 35.2. The normalized spacial score (nSPS) is 13.7. The highest BCUT2D eigenvalue weighted by atomic mass is 19.1. The molecule has 4 nitrogen and oxygen atoms in total. The molecule has 6 aromatic carbocycles. The van der Waals surface area contributed by atoms with Gasteiger partial charge in [-0.3, -0.25) is 19.6 Å². The van der Waals surface area contributed by atoms with Crippen LogP contribution in [0.1, 0.15) is 66.8 Å². The molecular weight excluding hydrogens is 733 g/mol. The van der Waals surface area contributed by atoms with Crippen LogP contribution in [-0.2, 0) is 0 Å². The van der Waals surface area contributed by atoms with Gasteiger partial charge in [0.1, 0.15) is 23.3 Å². The fourth-order valence-electron chi connectivity index (χ4n) is 8.60. The highest BCUT2D eigenvalue weighted by Crippen LogP contribution is 2.58. The highest BCUT2D eigenvalue weighted by Gasteiger charge is 2.45. The Kier molecular flexibility index (Phi) is 9.26. The number of rotatable bonds is 4. The molecular formula is C50H48F4N4. The quantitative estimate of drug-likeness (QED) is 0.165. The second-order valence-corrected chi connectivity index (χ2v) is 16.4. The van der Waals surface area contributed by atoms with Crippen molar-refractivity contribution in [3.05, 3.63) is 174 Å². The molecule has 0 aliphatic carbocycles. The van der Waals surface area contributed by atoms with Gasteiger partial charge in [-0.1, -0.05) is 0 Å². The van der Waals surface area contributed by atoms with Crippen molar-refractivity contribution in [2.24, 2.45) is 0 Å². The van der Waals surface area contributed by atoms with Gasteiger partial charge in [0.25, 0.3) is 0 Å². The first-order valence-electron chi connectivity index (χ1n) is 19.6. The van der Waals surface area contributed by atoms with Crippen LogP contribution in [0.3, 0.4) is 0 Å². The average Bonchev–Trinajstić information content (AvgIpc) is 3.65. The molecule has 0 unspecified atom stereocenters. The molecule has 0 saturated carbocycles. The molecule has 8 rings (SSSR count). The topological polar surface area (TPSA) is 13.0 Å². The predicted molar refractivity (Wildman–Crippen MR) is 231 cm³/mol. The molecule has 8 heteroatoms. The maximum atomic E-state index is 15.6. The fourth-order valence-corrected chi connectivity index (χ4v) is 8.60. The summed E-state index contributed by atoms with van der Waals surface area (Å²) < 4.78 is 62.2. The molecule has 58 heavy (non-hydrogen) atoms. The molecule has 2 aliphatic heterocycles. The summed E-state index contributed by atoms with van der Waals surface area (Å²) in [4.78, 5) is 8.62. The molecule has 0 spiro atoms. The number of halogens is 4. The van der Waals surface area contributed by atoms with Crippen LogP contribution in [0.4, 0.5) is 63.1 Å². The van der Waals surface area contributed by atoms with Gasteiger partial charge in [-0.2, -0.15) is 0 Å². The van der Waals surface area contributed by atoms with Gasteiger partial charge in [-0.25, -0.2) is 17.6 Å². The van der Waals surface area contributed by atoms with Crippen LogP contribution < -0.4 is 19.6 Å². The summed E-state index contributed by atoms with van der Waals surface area (Å²) in [5.41, 5.74) is 14.4. The number of hydrogen-bond donors (Lipinski definition) is 0. The van der Waals surface area contributed by atoms with Crippen molar-refractivity contribution in [2.45, 2.75) is 83.1 Å². The second-order valence-electron chi connectivity index (χ2n) is 16.4. The van der Waals surface area contributed by atoms with E-state index in [4.69, 9.17) is 0 Å². The van der Waals surface area contributed by atoms with Crippen molar-refractivity contribution in [3.8, 4) is 0 Å². The Morgan fingerprint density at radius 3 is 0.552 bits per heavy atom. The van der Waals surface area contributed by atoms with Crippen LogP contribution in [0, 0.1) is 106 Å². The Bertz CT molecular complexity index is 2320. The zero-order valence-corrected chi connectivity index (χ0v) is 35.2. The molecule has 2 heterocycles. The van der Waals surface area contributed by atoms with Crippen LogP contribution in [-0.4, -0.2) is 0 Å². The van der Waals surface area contributed by atoms with Gasteiger partial charge < -0.3 is 0 Å². The largest absolute Gasteiger partial charge is 0.291 e. The van der Waals surface area contributed by atoms with E-state index < -0.39 is 0 Å². The van der Waals surface area contributed by atoms with E-state index in [-0.39, 0.29) is 23.3 Å². The molecule has 0 N–H and O–H groups in total. The summed E-state index contributed by atoms with van der Waals surface area (Å²) in [6.07, 6.45) is 0. The molecule has 2 aliphatic rings. The lowest BCUT2D eigenvalue weighted by molar-refractivity contribution is 0.608. The Morgan fingerprint density at radius 1 is 0.241 bits per heavy atom. The van der Waals surface area contributed by atoms with Crippen molar-refractivity contribution in [1.82, 2.24) is 0 Å². The Balaban J connectivity index is 1.63. The van der Waals surface area contributed by atoms with E-state index in [0.717, 1.165) is 67.8 Å². The zero-order chi connectivity index (χ0) is 41.8. The van der Waals surface area contributed by atoms with E-state index in [1.165, 1.54) is 0 Å². The molecule has 6 aromatic rings. The van der Waals surface area contributed by atoms with Crippen molar-refractivity contribution >= 4 is 45.5 Å². The van der Waals surface area contributed by atoms with E-state index in [2.05, 4.69) is 71.6 Å². The van der Waals surface area contributed by atoms with Gasteiger partial charge in [-0.15, -0.1) is 0 Å². The maximum Gasteiger partial charge on any atom is 0.166 e. The van der Waals surface area contributed by atoms with Gasteiger partial charge in [-0.05, 0) is 223 Å². The van der Waals surface area contributed by atoms with Gasteiger partial charge in [0.2, 0.25) is 0 Å². The summed E-state index contributed by atoms with van der Waals surface area (Å²) in [5.74, 6) is 0.211. The van der Waals surface area contributed by atoms with Gasteiger partial charge in [0, 0.05) is 22.7 Å². The molecule has 0 aromatic heterocycles. The van der Waals surface area contributed by atoms with Crippen LogP contribution in [0.5, 0.6) is 0 Å². The highest BCUT2D eigenvalue weighted by molar-refractivity contribution is 6.01. The monoisotopic (exact) mass is 780 g/mol. The molecule has 0 atom stereocenters. The lowest BCUT2D eigenvalue weighted by Gasteiger charge is -2.35. The van der Waals surface area contributed by atoms with Crippen molar-refractivity contribution in [1.29, 1.82) is 0 Å². The summed E-state index contributed by atoms with van der Waals surface area (Å²) in [6.45, 7) is 22.4. The average molecular weight is 781 g/mol. The predicted octanol–water partition coefficient (Wildman–Crippen LogP) is 14.4. The summed E-state index contributed by atoms with van der Waals surface area (Å²) in [5, 5.41) is 0. The van der Waals surface area contributed by atoms with Crippen molar-refractivity contribution in [3.63, 3.8) is 0 Å². The SMILES string of the molecule is Cc1cc2c(cc1C)N(c1cc(C)c(F)c(C)c1)C(=C1N(c3cc(C)c(F)c(C)c3)c3cc(C)c(C)cc3N1c1cc(C)c(F)c(C)c1)N2c1cc(C)c(F)c(C)c1. The molecule has 0 bridgehead atoms. The summed E-state index contributed by atoms with van der Waals surface area (Å²) >= 11 is 0. The lowest BCUT2D eigenvalue weighted by Crippen LogP contribution is -2.33. The first kappa shape index (κ1) is 38.8. The minimum Gasteiger partial charge on any atom is -0.291 e. The Morgan fingerprint density at radius 2 is 0.397 bits per heavy atom. The molecule has 0 fully saturated rings. The Hall–Kier alpha value is -6.02. The first-order chi connectivity index (χ1) is 27.4. The second kappa shape index (κ2) is 13.8. The standard InChI is InChI=1S/C50H48F4N4/c1-25-21-41-42(22-26(25)2)56(38-15-31(7)46(52)32(8)16-38)49(55(41)37-13-29(5)45(51)30(6)14-37)50-57(39-17-33(9)47(53)34(10)18-39)43-23-27(3)28(4)24-44(43)58(50)40-19-35(11)48(54)36(12)20-40/h13-24H,1-12H3. The van der Waals surface area contributed by atoms with Crippen molar-refractivity contribution in [2.75, 3.05) is 19.6 Å². The number of aryl methyl sites for hydroxylation is 12. The third-order valence-corrected chi connectivity index (χ3v) is 11.9. The van der Waals surface area contributed by atoms with Gasteiger partial charge in [0.05, 0.1) is 22.7 Å². The third kappa shape index (κ3) is 5.95. The molecule has 0 radical (unpaired) electrons. The summed E-state index contributed by atoms with van der Waals surface area (Å²) in [7, 11) is 0. The van der Waals surface area contributed by atoms with E-state index in [1.807, 2.05) is 48.5 Å². The van der Waals surface area contributed by atoms with E-state index in [1.54, 1.807) is 55.4 Å². The minimum absolute atomic E-state index is 0.281. The fraction of sp³-hybridized carbons (Fsp3) is 0.240. The van der Waals surface area contributed by atoms with Crippen LogP contribution in [0.15, 0.2) is 84.4 Å². The number of benzene rings is 6. The number of anilines is 8. The van der Waals surface area contributed by atoms with Crippen LogP contribution in [0.25, 0.3) is 0 Å². The first-order valence-corrected chi connectivity index (χ1v) is 19.6. The van der Waals surface area contributed by atoms with Crippen LogP contribution >= 0.6 is 0 Å². The number of hydrogen-bond acceptors (Lipinski definition) is 4. The Labute approximate surface area is 339 Å². The van der Waals surface area contributed by atoms with Crippen LogP contribution in [0.2, 0.25) is 0 Å². The van der Waals surface area contributed by atoms with Crippen molar-refractivity contribution < 1.29 is 17.6 Å². The maximum absolute atomic E-state index is 15.6. The van der Waals surface area contributed by atoms with E-state index in [0.29, 0.717) is 56.1 Å². The number of fused-ring (bicyclic) bond motifs is 2. The lowest BCUT2D eigenvalue weighted by atomic mass is 10.1. The minimum atomic E-state index is -0.281. The van der Waals surface area contributed by atoms with E-state index >= 15 is 17.6 Å². The third-order valence-electron chi connectivity index (χ3n) is 11.9. The summed E-state index contributed by atoms with van der Waals surface area (Å²) in [6, 6.07) is 23.4.